The quantitative estimate of drug-likeness (QED) is 0.610. The molecule has 0 bridgehead atoms. The van der Waals surface area contributed by atoms with Crippen molar-refractivity contribution in [3.05, 3.63) is 48.5 Å². The molecule has 1 heterocycles. The van der Waals surface area contributed by atoms with E-state index in [4.69, 9.17) is 20.3 Å². The lowest BCUT2D eigenvalue weighted by Crippen LogP contribution is -2.40. The minimum Gasteiger partial charge on any atom is -0.493 e. The number of ether oxygens (including phenoxy) is 2. The average molecular weight is 464 g/mol. The van der Waals surface area contributed by atoms with Crippen LogP contribution in [0.25, 0.3) is 0 Å². The lowest BCUT2D eigenvalue weighted by Gasteiger charge is -2.26. The molecule has 2 aromatic carbocycles. The van der Waals surface area contributed by atoms with Crippen LogP contribution in [0.1, 0.15) is 6.92 Å². The molecule has 1 fully saturated rings. The van der Waals surface area contributed by atoms with Crippen LogP contribution >= 0.6 is 0 Å². The third kappa shape index (κ3) is 5.36. The Balaban J connectivity index is 1.77. The first-order chi connectivity index (χ1) is 15.2. The Kier molecular flexibility index (Phi) is 7.33. The zero-order valence-electron chi connectivity index (χ0n) is 17.5. The number of carboxylic acid groups (broad SMARTS) is 1. The summed E-state index contributed by atoms with van der Waals surface area (Å²) in [7, 11) is -3.65. The molecular weight excluding hydrogens is 438 g/mol. The largest absolute Gasteiger partial charge is 0.493 e. The van der Waals surface area contributed by atoms with Crippen molar-refractivity contribution in [1.82, 2.24) is 4.31 Å². The highest BCUT2D eigenvalue weighted by Gasteiger charge is 2.26. The monoisotopic (exact) mass is 463 g/mol. The fraction of sp³-hybridized carbons (Fsp3) is 0.333. The van der Waals surface area contributed by atoms with Gasteiger partial charge in [0.1, 0.15) is 12.4 Å². The molecule has 1 atom stereocenters. The van der Waals surface area contributed by atoms with Crippen LogP contribution in [0.4, 0.5) is 16.2 Å². The Hall–Kier alpha value is -3.15. The van der Waals surface area contributed by atoms with Crippen LogP contribution in [-0.4, -0.2) is 62.7 Å². The lowest BCUT2D eigenvalue weighted by molar-refractivity contribution is -0.142. The van der Waals surface area contributed by atoms with Crippen molar-refractivity contribution in [3.8, 4) is 5.75 Å². The summed E-state index contributed by atoms with van der Waals surface area (Å²) in [5.74, 6) is -1.18. The first kappa shape index (κ1) is 23.5. The Bertz CT molecular complexity index is 1050. The van der Waals surface area contributed by atoms with Gasteiger partial charge in [0.15, 0.2) is 0 Å². The number of rotatable bonds is 8. The number of benzene rings is 2. The molecular formula is C21H25N3O7S. The molecule has 32 heavy (non-hydrogen) atoms. The smallest absolute Gasteiger partial charge is 0.323 e. The normalized spacial score (nSPS) is 15.7. The minimum absolute atomic E-state index is 0.00723. The highest BCUT2D eigenvalue weighted by molar-refractivity contribution is 7.89. The van der Waals surface area contributed by atoms with E-state index in [0.717, 1.165) is 0 Å². The number of urea groups is 1. The van der Waals surface area contributed by atoms with E-state index in [2.05, 4.69) is 0 Å². The van der Waals surface area contributed by atoms with Gasteiger partial charge in [-0.25, -0.2) is 13.2 Å². The van der Waals surface area contributed by atoms with Gasteiger partial charge in [0.2, 0.25) is 10.0 Å². The highest BCUT2D eigenvalue weighted by Crippen LogP contribution is 2.29. The van der Waals surface area contributed by atoms with Gasteiger partial charge >= 0.3 is 12.0 Å². The molecule has 172 valence electrons. The van der Waals surface area contributed by atoms with Gasteiger partial charge in [0.25, 0.3) is 0 Å². The molecule has 11 heteroatoms. The number of amides is 2. The van der Waals surface area contributed by atoms with Crippen LogP contribution in [0.5, 0.6) is 5.75 Å². The summed E-state index contributed by atoms with van der Waals surface area (Å²) in [4.78, 5) is 24.3. The topological polar surface area (TPSA) is 139 Å². The standard InChI is InChI=1S/C21H25N3O7S/c1-15(20(25)26)14-31-18-6-2-16(3-7-18)24(21(22)27)17-4-8-19(9-5-17)32(28,29)23-10-12-30-13-11-23/h2-9,15H,10-14H2,1H3,(H2,22,27)(H,25,26). The maximum Gasteiger partial charge on any atom is 0.323 e. The first-order valence-electron chi connectivity index (χ1n) is 9.93. The third-order valence-electron chi connectivity index (χ3n) is 4.94. The molecule has 0 aliphatic carbocycles. The van der Waals surface area contributed by atoms with Crippen LogP contribution in [0, 0.1) is 5.92 Å². The fourth-order valence-corrected chi connectivity index (χ4v) is 4.50. The second kappa shape index (κ2) is 9.98. The van der Waals surface area contributed by atoms with Crippen molar-refractivity contribution in [3.63, 3.8) is 0 Å². The number of primary amides is 1. The number of carbonyl (C=O) groups excluding carboxylic acids is 1. The Morgan fingerprint density at radius 3 is 2.12 bits per heavy atom. The molecule has 2 aromatic rings. The summed E-state index contributed by atoms with van der Waals surface area (Å²) >= 11 is 0. The maximum atomic E-state index is 12.8. The molecule has 0 aromatic heterocycles. The summed E-state index contributed by atoms with van der Waals surface area (Å²) in [5, 5.41) is 8.92. The summed E-state index contributed by atoms with van der Waals surface area (Å²) in [5.41, 5.74) is 6.40. The van der Waals surface area contributed by atoms with Crippen molar-refractivity contribution in [2.75, 3.05) is 37.8 Å². The lowest BCUT2D eigenvalue weighted by atomic mass is 10.2. The average Bonchev–Trinajstić information content (AvgIpc) is 2.79. The number of morpholine rings is 1. The van der Waals surface area contributed by atoms with Crippen molar-refractivity contribution in [1.29, 1.82) is 0 Å². The Labute approximate surface area is 186 Å². The fourth-order valence-electron chi connectivity index (χ4n) is 3.09. The van der Waals surface area contributed by atoms with Gasteiger partial charge in [0.05, 0.1) is 35.4 Å². The van der Waals surface area contributed by atoms with Crippen molar-refractivity contribution in [2.45, 2.75) is 11.8 Å². The third-order valence-corrected chi connectivity index (χ3v) is 6.85. The van der Waals surface area contributed by atoms with Gasteiger partial charge in [-0.2, -0.15) is 4.31 Å². The number of carbonyl (C=O) groups is 2. The number of nitrogens with two attached hydrogens (primary N) is 1. The second-order valence-corrected chi connectivity index (χ2v) is 9.17. The zero-order chi connectivity index (χ0) is 23.3. The number of carboxylic acids is 1. The number of hydrogen-bond acceptors (Lipinski definition) is 6. The molecule has 3 N–H and O–H groups in total. The summed E-state index contributed by atoms with van der Waals surface area (Å²) in [6, 6.07) is 11.5. The molecule has 1 aliphatic heterocycles. The van der Waals surface area contributed by atoms with E-state index in [1.165, 1.54) is 40.4 Å². The van der Waals surface area contributed by atoms with Crippen LogP contribution in [0.15, 0.2) is 53.4 Å². The molecule has 0 radical (unpaired) electrons. The van der Waals surface area contributed by atoms with Gasteiger partial charge in [0, 0.05) is 13.1 Å². The number of nitrogens with zero attached hydrogens (tertiary/aromatic N) is 2. The highest BCUT2D eigenvalue weighted by atomic mass is 32.2. The van der Waals surface area contributed by atoms with E-state index in [9.17, 15) is 18.0 Å². The molecule has 10 nitrogen and oxygen atoms in total. The first-order valence-corrected chi connectivity index (χ1v) is 11.4. The maximum absolute atomic E-state index is 12.8. The minimum atomic E-state index is -3.65. The van der Waals surface area contributed by atoms with Gasteiger partial charge < -0.3 is 20.3 Å². The molecule has 3 rings (SSSR count). The van der Waals surface area contributed by atoms with Crippen molar-refractivity contribution in [2.24, 2.45) is 11.7 Å². The van der Waals surface area contributed by atoms with Crippen LogP contribution in [-0.2, 0) is 19.6 Å². The van der Waals surface area contributed by atoms with E-state index in [1.54, 1.807) is 24.3 Å². The number of sulfonamides is 1. The molecule has 0 spiro atoms. The Morgan fingerprint density at radius 1 is 1.09 bits per heavy atom. The molecule has 1 aliphatic rings. The number of hydrogen-bond donors (Lipinski definition) is 2. The van der Waals surface area contributed by atoms with E-state index < -0.39 is 27.9 Å². The summed E-state index contributed by atoms with van der Waals surface area (Å²) in [6.07, 6.45) is 0. The van der Waals surface area contributed by atoms with Gasteiger partial charge in [-0.3, -0.25) is 9.69 Å². The Morgan fingerprint density at radius 2 is 1.62 bits per heavy atom. The van der Waals surface area contributed by atoms with Crippen molar-refractivity contribution < 1.29 is 32.6 Å². The number of anilines is 2. The van der Waals surface area contributed by atoms with Crippen molar-refractivity contribution >= 4 is 33.4 Å². The summed E-state index contributed by atoms with van der Waals surface area (Å²) in [6.45, 7) is 2.82. The van der Waals surface area contributed by atoms with E-state index in [-0.39, 0.29) is 24.6 Å². The molecule has 2 amide bonds. The molecule has 1 unspecified atom stereocenters. The van der Waals surface area contributed by atoms with Crippen LogP contribution in [0.3, 0.4) is 0 Å². The van der Waals surface area contributed by atoms with Gasteiger partial charge in [-0.15, -0.1) is 0 Å². The van der Waals surface area contributed by atoms with Gasteiger partial charge in [-0.1, -0.05) is 0 Å². The van der Waals surface area contributed by atoms with Gasteiger partial charge in [-0.05, 0) is 55.5 Å². The van der Waals surface area contributed by atoms with Crippen LogP contribution in [0.2, 0.25) is 0 Å². The summed E-state index contributed by atoms with van der Waals surface area (Å²) < 4.78 is 37.6. The van der Waals surface area contributed by atoms with Crippen LogP contribution < -0.4 is 15.4 Å². The molecule has 1 saturated heterocycles. The predicted molar refractivity (Wildman–Crippen MR) is 116 cm³/mol. The zero-order valence-corrected chi connectivity index (χ0v) is 18.3. The van der Waals surface area contributed by atoms with E-state index in [0.29, 0.717) is 30.3 Å². The van der Waals surface area contributed by atoms with E-state index in [1.807, 2.05) is 0 Å². The SMILES string of the molecule is CC(COc1ccc(N(C(N)=O)c2ccc(S(=O)(=O)N3CCOCC3)cc2)cc1)C(=O)O. The second-order valence-electron chi connectivity index (χ2n) is 7.23. The number of aliphatic carboxylic acids is 1. The molecule has 0 saturated carbocycles. The van der Waals surface area contributed by atoms with E-state index >= 15 is 0 Å². The predicted octanol–water partition coefficient (Wildman–Crippen LogP) is 2.02.